The van der Waals surface area contributed by atoms with E-state index in [2.05, 4.69) is 9.97 Å². The highest BCUT2D eigenvalue weighted by molar-refractivity contribution is 6.42. The summed E-state index contributed by atoms with van der Waals surface area (Å²) in [6, 6.07) is 8.59. The molecule has 0 spiro atoms. The maximum Gasteiger partial charge on any atom is 0.222 e. The maximum absolute atomic E-state index is 9.47. The van der Waals surface area contributed by atoms with Crippen LogP contribution in [-0.2, 0) is 13.2 Å². The van der Waals surface area contributed by atoms with Crippen molar-refractivity contribution in [1.82, 2.24) is 9.97 Å². The fourth-order valence-corrected chi connectivity index (χ4v) is 2.76. The van der Waals surface area contributed by atoms with Crippen LogP contribution in [0.1, 0.15) is 11.1 Å². The molecule has 0 unspecified atom stereocenters. The average Bonchev–Trinajstić information content (AvgIpc) is 2.54. The van der Waals surface area contributed by atoms with Gasteiger partial charge in [-0.15, -0.1) is 12.4 Å². The summed E-state index contributed by atoms with van der Waals surface area (Å²) in [7, 11) is 0. The molecule has 0 saturated heterocycles. The molecule has 0 aliphatic carbocycles. The Morgan fingerprint density at radius 1 is 1.04 bits per heavy atom. The molecule has 1 heterocycles. The Hall–Kier alpha value is -1.99. The van der Waals surface area contributed by atoms with Crippen molar-refractivity contribution in [2.24, 2.45) is 0 Å². The van der Waals surface area contributed by atoms with Crippen molar-refractivity contribution in [3.8, 4) is 5.75 Å². The smallest absolute Gasteiger partial charge is 0.222 e. The van der Waals surface area contributed by atoms with Crippen LogP contribution in [0.15, 0.2) is 30.3 Å². The van der Waals surface area contributed by atoms with Gasteiger partial charge < -0.3 is 21.3 Å². The van der Waals surface area contributed by atoms with Crippen LogP contribution in [0.25, 0.3) is 10.9 Å². The summed E-state index contributed by atoms with van der Waals surface area (Å²) < 4.78 is 5.85. The lowest BCUT2D eigenvalue weighted by Crippen LogP contribution is -2.04. The fourth-order valence-electron chi connectivity index (χ4n) is 2.38. The van der Waals surface area contributed by atoms with Gasteiger partial charge >= 0.3 is 0 Å². The normalized spacial score (nSPS) is 10.5. The minimum Gasteiger partial charge on any atom is -0.488 e. The molecule has 3 aromatic rings. The topological polar surface area (TPSA) is 107 Å². The Kier molecular flexibility index (Phi) is 6.13. The first-order valence-corrected chi connectivity index (χ1v) is 7.77. The number of nitrogens with two attached hydrogens (primary N) is 2. The van der Waals surface area contributed by atoms with Crippen LogP contribution < -0.4 is 16.2 Å². The van der Waals surface area contributed by atoms with Crippen molar-refractivity contribution in [3.63, 3.8) is 0 Å². The van der Waals surface area contributed by atoms with E-state index in [1.165, 1.54) is 0 Å². The van der Waals surface area contributed by atoms with E-state index in [0.717, 1.165) is 5.56 Å². The Balaban J connectivity index is 0.00000225. The number of ether oxygens (including phenoxy) is 1. The second kappa shape index (κ2) is 7.93. The van der Waals surface area contributed by atoms with Gasteiger partial charge in [-0.25, -0.2) is 4.98 Å². The van der Waals surface area contributed by atoms with Gasteiger partial charge in [0.2, 0.25) is 5.95 Å². The number of fused-ring (bicyclic) bond motifs is 1. The largest absolute Gasteiger partial charge is 0.488 e. The van der Waals surface area contributed by atoms with Crippen molar-refractivity contribution in [3.05, 3.63) is 51.5 Å². The Labute approximate surface area is 160 Å². The number of hydrogen-bond donors (Lipinski definition) is 3. The van der Waals surface area contributed by atoms with Crippen LogP contribution in [0.2, 0.25) is 10.0 Å². The number of nitrogen functional groups attached to an aromatic ring is 2. The van der Waals surface area contributed by atoms with Gasteiger partial charge in [0.05, 0.1) is 27.6 Å². The van der Waals surface area contributed by atoms with Crippen LogP contribution in [0.4, 0.5) is 11.8 Å². The van der Waals surface area contributed by atoms with E-state index in [0.29, 0.717) is 32.3 Å². The first-order chi connectivity index (χ1) is 11.5. The zero-order valence-electron chi connectivity index (χ0n) is 12.9. The molecule has 0 bridgehead atoms. The second-order valence-electron chi connectivity index (χ2n) is 5.10. The summed E-state index contributed by atoms with van der Waals surface area (Å²) in [5, 5.41) is 10.8. The van der Waals surface area contributed by atoms with Gasteiger partial charge in [-0.3, -0.25) is 0 Å². The van der Waals surface area contributed by atoms with Gasteiger partial charge in [0.1, 0.15) is 18.2 Å². The molecule has 0 amide bonds. The van der Waals surface area contributed by atoms with Crippen molar-refractivity contribution in [1.29, 1.82) is 0 Å². The molecule has 0 saturated carbocycles. The number of halogens is 3. The number of anilines is 2. The second-order valence-corrected chi connectivity index (χ2v) is 5.91. The van der Waals surface area contributed by atoms with E-state index in [9.17, 15) is 5.11 Å². The summed E-state index contributed by atoms with van der Waals surface area (Å²) in [5.74, 6) is 0.855. The minimum absolute atomic E-state index is 0. The lowest BCUT2D eigenvalue weighted by molar-refractivity contribution is 0.270. The van der Waals surface area contributed by atoms with E-state index in [4.69, 9.17) is 39.4 Å². The van der Waals surface area contributed by atoms with E-state index < -0.39 is 0 Å². The van der Waals surface area contributed by atoms with Crippen LogP contribution in [0, 0.1) is 0 Å². The Morgan fingerprint density at radius 3 is 2.40 bits per heavy atom. The standard InChI is InChI=1S/C16H14Cl2N4O2.ClH/c17-10-4-8(6-23)9(5-11(10)18)7-24-13-3-1-2-12-14(13)15(19)22-16(20)21-12;/h1-5,23H,6-7H2,(H4,19,20,21,22);1H. The molecular formula is C16H15Cl3N4O2. The molecule has 0 aliphatic rings. The molecule has 132 valence electrons. The molecule has 3 rings (SSSR count). The number of nitrogens with zero attached hydrogens (tertiary/aromatic N) is 2. The zero-order chi connectivity index (χ0) is 17.3. The highest BCUT2D eigenvalue weighted by Gasteiger charge is 2.12. The Bertz CT molecular complexity index is 922. The summed E-state index contributed by atoms with van der Waals surface area (Å²) >= 11 is 12.0. The highest BCUT2D eigenvalue weighted by Crippen LogP contribution is 2.31. The minimum atomic E-state index is -0.174. The quantitative estimate of drug-likeness (QED) is 0.616. The van der Waals surface area contributed by atoms with Crippen LogP contribution in [-0.4, -0.2) is 15.1 Å². The summed E-state index contributed by atoms with van der Waals surface area (Å²) in [6.07, 6.45) is 0. The fraction of sp³-hybridized carbons (Fsp3) is 0.125. The van der Waals surface area contributed by atoms with E-state index in [1.54, 1.807) is 30.3 Å². The van der Waals surface area contributed by atoms with Crippen molar-refractivity contribution >= 4 is 58.3 Å². The molecule has 0 fully saturated rings. The van der Waals surface area contributed by atoms with Gasteiger partial charge in [0, 0.05) is 0 Å². The van der Waals surface area contributed by atoms with Crippen LogP contribution in [0.3, 0.4) is 0 Å². The molecule has 25 heavy (non-hydrogen) atoms. The SMILES string of the molecule is Cl.Nc1nc(N)c2c(OCc3cc(Cl)c(Cl)cc3CO)cccc2n1. The number of benzene rings is 2. The van der Waals surface area contributed by atoms with Crippen LogP contribution in [0.5, 0.6) is 5.75 Å². The van der Waals surface area contributed by atoms with E-state index >= 15 is 0 Å². The lowest BCUT2D eigenvalue weighted by Gasteiger charge is -2.13. The number of aliphatic hydroxyl groups is 1. The predicted molar refractivity (Wildman–Crippen MR) is 102 cm³/mol. The summed E-state index contributed by atoms with van der Waals surface area (Å²) in [5.41, 5.74) is 13.5. The highest BCUT2D eigenvalue weighted by atomic mass is 35.5. The predicted octanol–water partition coefficient (Wildman–Crippen LogP) is 3.59. The summed E-state index contributed by atoms with van der Waals surface area (Å²) in [4.78, 5) is 8.10. The number of hydrogen-bond acceptors (Lipinski definition) is 6. The first kappa shape index (κ1) is 19.3. The average molecular weight is 402 g/mol. The van der Waals surface area contributed by atoms with Crippen LogP contribution >= 0.6 is 35.6 Å². The molecule has 5 N–H and O–H groups in total. The third-order valence-corrected chi connectivity index (χ3v) is 4.25. The molecule has 0 radical (unpaired) electrons. The Morgan fingerprint density at radius 2 is 1.72 bits per heavy atom. The first-order valence-electron chi connectivity index (χ1n) is 7.01. The number of aromatic nitrogens is 2. The van der Waals surface area contributed by atoms with Gasteiger partial charge in [0.25, 0.3) is 0 Å². The molecular weight excluding hydrogens is 387 g/mol. The molecule has 2 aromatic carbocycles. The molecule has 9 heteroatoms. The third kappa shape index (κ3) is 3.99. The molecule has 6 nitrogen and oxygen atoms in total. The molecule has 0 aliphatic heterocycles. The van der Waals surface area contributed by atoms with Crippen molar-refractivity contribution in [2.75, 3.05) is 11.5 Å². The van der Waals surface area contributed by atoms with E-state index in [1.807, 2.05) is 0 Å². The third-order valence-electron chi connectivity index (χ3n) is 3.53. The number of aliphatic hydroxyl groups excluding tert-OH is 1. The zero-order valence-corrected chi connectivity index (χ0v) is 15.2. The van der Waals surface area contributed by atoms with Gasteiger partial charge in [-0.05, 0) is 35.4 Å². The molecule has 0 atom stereocenters. The van der Waals surface area contributed by atoms with Gasteiger partial charge in [0.15, 0.2) is 0 Å². The van der Waals surface area contributed by atoms with Gasteiger partial charge in [-0.2, -0.15) is 4.98 Å². The monoisotopic (exact) mass is 400 g/mol. The lowest BCUT2D eigenvalue weighted by atomic mass is 10.1. The van der Waals surface area contributed by atoms with Crippen molar-refractivity contribution < 1.29 is 9.84 Å². The molecule has 1 aromatic heterocycles. The summed E-state index contributed by atoms with van der Waals surface area (Å²) in [6.45, 7) is 0.00259. The van der Waals surface area contributed by atoms with E-state index in [-0.39, 0.29) is 37.4 Å². The maximum atomic E-state index is 9.47. The number of rotatable bonds is 4. The van der Waals surface area contributed by atoms with Crippen molar-refractivity contribution in [2.45, 2.75) is 13.2 Å². The van der Waals surface area contributed by atoms with Gasteiger partial charge in [-0.1, -0.05) is 29.3 Å².